The summed E-state index contributed by atoms with van der Waals surface area (Å²) in [6.45, 7) is 5.78. The van der Waals surface area contributed by atoms with Gasteiger partial charge in [-0.15, -0.1) is 0 Å². The fraction of sp³-hybridized carbons (Fsp3) is 0.625. The zero-order valence-electron chi connectivity index (χ0n) is 11.8. The minimum absolute atomic E-state index is 0.000502. The van der Waals surface area contributed by atoms with Gasteiger partial charge in [-0.1, -0.05) is 62.4 Å². The lowest BCUT2D eigenvalue weighted by Gasteiger charge is -2.13. The van der Waals surface area contributed by atoms with Gasteiger partial charge in [-0.3, -0.25) is 0 Å². The summed E-state index contributed by atoms with van der Waals surface area (Å²) in [5.74, 6) is 0. The smallest absolute Gasteiger partial charge is 0.0659 e. The van der Waals surface area contributed by atoms with E-state index in [1.165, 1.54) is 36.8 Å². The van der Waals surface area contributed by atoms with Gasteiger partial charge in [0.05, 0.1) is 12.6 Å². The summed E-state index contributed by atoms with van der Waals surface area (Å²) < 4.78 is 5.64. The molecule has 1 aromatic carbocycles. The van der Waals surface area contributed by atoms with E-state index in [0.29, 0.717) is 6.61 Å². The molecule has 1 rings (SSSR count). The van der Waals surface area contributed by atoms with Gasteiger partial charge < -0.3 is 10.5 Å². The van der Waals surface area contributed by atoms with E-state index in [-0.39, 0.29) is 6.04 Å². The molecule has 0 heterocycles. The molecule has 0 radical (unpaired) electrons. The van der Waals surface area contributed by atoms with E-state index in [4.69, 9.17) is 10.5 Å². The first-order valence-electron chi connectivity index (χ1n) is 7.14. The number of benzene rings is 1. The van der Waals surface area contributed by atoms with Crippen molar-refractivity contribution in [3.63, 3.8) is 0 Å². The van der Waals surface area contributed by atoms with Crippen molar-refractivity contribution in [3.8, 4) is 0 Å². The average Bonchev–Trinajstić information content (AvgIpc) is 2.37. The Morgan fingerprint density at radius 2 is 1.94 bits per heavy atom. The Bertz CT molecular complexity index is 325. The third kappa shape index (κ3) is 6.18. The zero-order valence-corrected chi connectivity index (χ0v) is 11.8. The van der Waals surface area contributed by atoms with E-state index in [1.54, 1.807) is 0 Å². The first-order valence-corrected chi connectivity index (χ1v) is 7.14. The van der Waals surface area contributed by atoms with E-state index in [0.717, 1.165) is 13.0 Å². The summed E-state index contributed by atoms with van der Waals surface area (Å²) in [5.41, 5.74) is 8.52. The van der Waals surface area contributed by atoms with Crippen LogP contribution in [0.25, 0.3) is 0 Å². The Morgan fingerprint density at radius 3 is 2.67 bits per heavy atom. The molecule has 1 aromatic rings. The van der Waals surface area contributed by atoms with E-state index < -0.39 is 0 Å². The summed E-state index contributed by atoms with van der Waals surface area (Å²) in [5, 5.41) is 0. The highest BCUT2D eigenvalue weighted by molar-refractivity contribution is 5.24. The summed E-state index contributed by atoms with van der Waals surface area (Å²) in [4.78, 5) is 0. The van der Waals surface area contributed by atoms with Gasteiger partial charge in [0.2, 0.25) is 0 Å². The van der Waals surface area contributed by atoms with Crippen molar-refractivity contribution >= 4 is 0 Å². The van der Waals surface area contributed by atoms with Crippen molar-refractivity contribution in [3.05, 3.63) is 35.4 Å². The Balaban J connectivity index is 2.12. The molecule has 0 aliphatic carbocycles. The third-order valence-electron chi connectivity index (χ3n) is 3.16. The molecule has 0 aliphatic rings. The molecule has 0 aromatic heterocycles. The fourth-order valence-electron chi connectivity index (χ4n) is 2.01. The molecule has 2 N–H and O–H groups in total. The van der Waals surface area contributed by atoms with Crippen LogP contribution < -0.4 is 5.73 Å². The summed E-state index contributed by atoms with van der Waals surface area (Å²) in [6.07, 6.45) is 6.37. The molecular weight excluding hydrogens is 222 g/mol. The molecule has 1 unspecified atom stereocenters. The van der Waals surface area contributed by atoms with Crippen molar-refractivity contribution in [2.24, 2.45) is 5.73 Å². The van der Waals surface area contributed by atoms with Gasteiger partial charge in [0.15, 0.2) is 0 Å². The maximum Gasteiger partial charge on any atom is 0.0659 e. The van der Waals surface area contributed by atoms with Crippen LogP contribution in [-0.4, -0.2) is 13.2 Å². The minimum atomic E-state index is 0.000502. The topological polar surface area (TPSA) is 35.2 Å². The predicted octanol–water partition coefficient (Wildman–Crippen LogP) is 3.98. The van der Waals surface area contributed by atoms with Crippen molar-refractivity contribution < 1.29 is 4.74 Å². The highest BCUT2D eigenvalue weighted by Crippen LogP contribution is 2.12. The SMILES string of the molecule is CCCCCCCOCC(N)c1cccc(C)c1. The average molecular weight is 249 g/mol. The van der Waals surface area contributed by atoms with Gasteiger partial charge >= 0.3 is 0 Å². The molecule has 0 saturated carbocycles. The molecule has 2 nitrogen and oxygen atoms in total. The number of nitrogens with two attached hydrogens (primary N) is 1. The molecule has 102 valence electrons. The van der Waals surface area contributed by atoms with Gasteiger partial charge in [-0.05, 0) is 18.9 Å². The van der Waals surface area contributed by atoms with Crippen LogP contribution in [0, 0.1) is 6.92 Å². The van der Waals surface area contributed by atoms with Gasteiger partial charge in [0.25, 0.3) is 0 Å². The molecule has 0 saturated heterocycles. The highest BCUT2D eigenvalue weighted by Gasteiger charge is 2.05. The van der Waals surface area contributed by atoms with Crippen LogP contribution in [0.5, 0.6) is 0 Å². The summed E-state index contributed by atoms with van der Waals surface area (Å²) in [6, 6.07) is 8.35. The molecule has 0 amide bonds. The molecule has 0 fully saturated rings. The lowest BCUT2D eigenvalue weighted by Crippen LogP contribution is -2.17. The van der Waals surface area contributed by atoms with Crippen LogP contribution in [-0.2, 0) is 4.74 Å². The van der Waals surface area contributed by atoms with Crippen LogP contribution in [0.4, 0.5) is 0 Å². The Labute approximate surface area is 112 Å². The monoisotopic (exact) mass is 249 g/mol. The first kappa shape index (κ1) is 15.2. The quantitative estimate of drug-likeness (QED) is 0.672. The molecule has 1 atom stereocenters. The summed E-state index contributed by atoms with van der Waals surface area (Å²) >= 11 is 0. The number of hydrogen-bond acceptors (Lipinski definition) is 2. The normalized spacial score (nSPS) is 12.6. The Kier molecular flexibility index (Phi) is 7.70. The van der Waals surface area contributed by atoms with Gasteiger partial charge in [-0.2, -0.15) is 0 Å². The zero-order chi connectivity index (χ0) is 13.2. The van der Waals surface area contributed by atoms with Gasteiger partial charge in [0, 0.05) is 6.61 Å². The van der Waals surface area contributed by atoms with E-state index in [9.17, 15) is 0 Å². The largest absolute Gasteiger partial charge is 0.379 e. The maximum absolute atomic E-state index is 6.10. The number of hydrogen-bond donors (Lipinski definition) is 1. The second-order valence-electron chi connectivity index (χ2n) is 5.01. The second kappa shape index (κ2) is 9.12. The third-order valence-corrected chi connectivity index (χ3v) is 3.16. The molecule has 0 aliphatic heterocycles. The number of unbranched alkanes of at least 4 members (excludes halogenated alkanes) is 4. The van der Waals surface area contributed by atoms with E-state index in [2.05, 4.69) is 38.1 Å². The Hall–Kier alpha value is -0.860. The van der Waals surface area contributed by atoms with E-state index in [1.807, 2.05) is 0 Å². The Morgan fingerprint density at radius 1 is 1.17 bits per heavy atom. The number of ether oxygens (including phenoxy) is 1. The molecule has 18 heavy (non-hydrogen) atoms. The van der Waals surface area contributed by atoms with Crippen LogP contribution in [0.1, 0.15) is 56.2 Å². The maximum atomic E-state index is 6.10. The van der Waals surface area contributed by atoms with Crippen LogP contribution in [0.3, 0.4) is 0 Å². The number of aryl methyl sites for hydroxylation is 1. The van der Waals surface area contributed by atoms with Crippen molar-refractivity contribution in [1.29, 1.82) is 0 Å². The van der Waals surface area contributed by atoms with Crippen molar-refractivity contribution in [1.82, 2.24) is 0 Å². The van der Waals surface area contributed by atoms with Crippen molar-refractivity contribution in [2.75, 3.05) is 13.2 Å². The van der Waals surface area contributed by atoms with Gasteiger partial charge in [0.1, 0.15) is 0 Å². The predicted molar refractivity (Wildman–Crippen MR) is 77.7 cm³/mol. The first-order chi connectivity index (χ1) is 8.74. The lowest BCUT2D eigenvalue weighted by atomic mass is 10.1. The van der Waals surface area contributed by atoms with Crippen LogP contribution >= 0.6 is 0 Å². The van der Waals surface area contributed by atoms with Crippen LogP contribution in [0.15, 0.2) is 24.3 Å². The molecule has 0 spiro atoms. The van der Waals surface area contributed by atoms with Crippen LogP contribution in [0.2, 0.25) is 0 Å². The summed E-state index contributed by atoms with van der Waals surface area (Å²) in [7, 11) is 0. The standard InChI is InChI=1S/C16H27NO/c1-3-4-5-6-7-11-18-13-16(17)15-10-8-9-14(2)12-15/h8-10,12,16H,3-7,11,13,17H2,1-2H3. The van der Waals surface area contributed by atoms with Crippen molar-refractivity contribution in [2.45, 2.75) is 52.0 Å². The highest BCUT2D eigenvalue weighted by atomic mass is 16.5. The van der Waals surface area contributed by atoms with Gasteiger partial charge in [-0.25, -0.2) is 0 Å². The fourth-order valence-corrected chi connectivity index (χ4v) is 2.01. The van der Waals surface area contributed by atoms with E-state index >= 15 is 0 Å². The second-order valence-corrected chi connectivity index (χ2v) is 5.01. The molecule has 0 bridgehead atoms. The minimum Gasteiger partial charge on any atom is -0.379 e. The molecule has 2 heteroatoms. The lowest BCUT2D eigenvalue weighted by molar-refractivity contribution is 0.117. The molecular formula is C16H27NO. The number of rotatable bonds is 9.